The predicted molar refractivity (Wildman–Crippen MR) is 82.1 cm³/mol. The SMILES string of the molecule is Cc1ccnc(NC(=O)C2(CN)CCCC2)c1.Cl.Cl. The van der Waals surface area contributed by atoms with Crippen molar-refractivity contribution in [1.82, 2.24) is 4.98 Å². The van der Waals surface area contributed by atoms with Gasteiger partial charge in [0.1, 0.15) is 5.82 Å². The molecule has 0 bridgehead atoms. The van der Waals surface area contributed by atoms with E-state index in [4.69, 9.17) is 5.73 Å². The number of aryl methyl sites for hydroxylation is 1. The molecule has 0 aliphatic heterocycles. The number of halogens is 2. The Morgan fingerprint density at radius 2 is 2.05 bits per heavy atom. The summed E-state index contributed by atoms with van der Waals surface area (Å²) in [6.07, 6.45) is 5.66. The van der Waals surface area contributed by atoms with Gasteiger partial charge in [0.2, 0.25) is 5.91 Å². The number of aromatic nitrogens is 1. The topological polar surface area (TPSA) is 68.0 Å². The molecule has 2 rings (SSSR count). The standard InChI is InChI=1S/C13H19N3O.2ClH/c1-10-4-7-15-11(8-10)16-12(17)13(9-14)5-2-3-6-13;;/h4,7-8H,2-3,5-6,9,14H2,1H3,(H,15,16,17);2*1H. The van der Waals surface area contributed by atoms with E-state index in [9.17, 15) is 4.79 Å². The van der Waals surface area contributed by atoms with Crippen LogP contribution >= 0.6 is 24.8 Å². The van der Waals surface area contributed by atoms with Crippen molar-refractivity contribution >= 4 is 36.5 Å². The number of nitrogens with two attached hydrogens (primary N) is 1. The number of rotatable bonds is 3. The molecule has 0 atom stereocenters. The highest BCUT2D eigenvalue weighted by molar-refractivity contribution is 5.95. The Hall–Kier alpha value is -0.840. The second-order valence-corrected chi connectivity index (χ2v) is 4.86. The number of hydrogen-bond donors (Lipinski definition) is 2. The normalized spacial score (nSPS) is 16.1. The van der Waals surface area contributed by atoms with Crippen molar-refractivity contribution in [3.05, 3.63) is 23.9 Å². The highest BCUT2D eigenvalue weighted by Gasteiger charge is 2.39. The van der Waals surface area contributed by atoms with Crippen LogP contribution in [0.3, 0.4) is 0 Å². The molecule has 0 spiro atoms. The van der Waals surface area contributed by atoms with Gasteiger partial charge in [-0.3, -0.25) is 4.79 Å². The summed E-state index contributed by atoms with van der Waals surface area (Å²) in [6.45, 7) is 2.40. The van der Waals surface area contributed by atoms with Crippen LogP contribution in [0.5, 0.6) is 0 Å². The summed E-state index contributed by atoms with van der Waals surface area (Å²) in [5.74, 6) is 0.644. The highest BCUT2D eigenvalue weighted by atomic mass is 35.5. The molecule has 1 saturated carbocycles. The van der Waals surface area contributed by atoms with E-state index in [0.29, 0.717) is 12.4 Å². The van der Waals surface area contributed by atoms with Gasteiger partial charge >= 0.3 is 0 Å². The van der Waals surface area contributed by atoms with Crippen molar-refractivity contribution in [2.45, 2.75) is 32.6 Å². The summed E-state index contributed by atoms with van der Waals surface area (Å²) in [5, 5.41) is 2.89. The molecule has 6 heteroatoms. The predicted octanol–water partition coefficient (Wildman–Crippen LogP) is 2.69. The van der Waals surface area contributed by atoms with E-state index in [2.05, 4.69) is 10.3 Å². The molecule has 1 fully saturated rings. The van der Waals surface area contributed by atoms with Crippen LogP contribution in [0.4, 0.5) is 5.82 Å². The van der Waals surface area contributed by atoms with E-state index in [-0.39, 0.29) is 36.1 Å². The maximum absolute atomic E-state index is 12.2. The molecule has 4 nitrogen and oxygen atoms in total. The Kier molecular flexibility index (Phi) is 7.34. The molecule has 0 unspecified atom stereocenters. The number of carbonyl (C=O) groups excluding carboxylic acids is 1. The van der Waals surface area contributed by atoms with E-state index in [1.807, 2.05) is 19.1 Å². The van der Waals surface area contributed by atoms with E-state index >= 15 is 0 Å². The molecular weight excluding hydrogens is 285 g/mol. The lowest BCUT2D eigenvalue weighted by molar-refractivity contribution is -0.124. The second kappa shape index (κ2) is 7.68. The lowest BCUT2D eigenvalue weighted by Gasteiger charge is -2.25. The fourth-order valence-corrected chi connectivity index (χ4v) is 2.43. The van der Waals surface area contributed by atoms with E-state index < -0.39 is 0 Å². The molecule has 1 heterocycles. The highest BCUT2D eigenvalue weighted by Crippen LogP contribution is 2.37. The Balaban J connectivity index is 0.00000162. The number of hydrogen-bond acceptors (Lipinski definition) is 3. The van der Waals surface area contributed by atoms with Gasteiger partial charge in [0.05, 0.1) is 5.41 Å². The van der Waals surface area contributed by atoms with Gasteiger partial charge in [-0.1, -0.05) is 12.8 Å². The number of anilines is 1. The van der Waals surface area contributed by atoms with Crippen LogP contribution in [0.1, 0.15) is 31.2 Å². The zero-order valence-corrected chi connectivity index (χ0v) is 12.6. The van der Waals surface area contributed by atoms with Crippen LogP contribution in [-0.4, -0.2) is 17.4 Å². The first-order valence-corrected chi connectivity index (χ1v) is 6.10. The van der Waals surface area contributed by atoms with Gasteiger partial charge in [-0.25, -0.2) is 4.98 Å². The first-order valence-electron chi connectivity index (χ1n) is 6.10. The molecule has 19 heavy (non-hydrogen) atoms. The number of amides is 1. The van der Waals surface area contributed by atoms with E-state index in [0.717, 1.165) is 31.2 Å². The van der Waals surface area contributed by atoms with Crippen LogP contribution in [-0.2, 0) is 4.79 Å². The minimum atomic E-state index is -0.370. The van der Waals surface area contributed by atoms with Crippen molar-refractivity contribution in [2.75, 3.05) is 11.9 Å². The second-order valence-electron chi connectivity index (χ2n) is 4.86. The molecule has 108 valence electrons. The van der Waals surface area contributed by atoms with Crippen LogP contribution in [0.25, 0.3) is 0 Å². The van der Waals surface area contributed by atoms with Gasteiger partial charge in [0, 0.05) is 12.7 Å². The van der Waals surface area contributed by atoms with Crippen LogP contribution in [0.15, 0.2) is 18.3 Å². The maximum Gasteiger partial charge on any atom is 0.233 e. The lowest BCUT2D eigenvalue weighted by Crippen LogP contribution is -2.40. The molecule has 0 saturated heterocycles. The van der Waals surface area contributed by atoms with Crippen molar-refractivity contribution in [1.29, 1.82) is 0 Å². The third-order valence-electron chi connectivity index (χ3n) is 3.59. The molecule has 1 aromatic heterocycles. The third kappa shape index (κ3) is 4.06. The van der Waals surface area contributed by atoms with Gasteiger partial charge in [-0.05, 0) is 37.5 Å². The first kappa shape index (κ1) is 18.2. The molecule has 1 amide bonds. The fourth-order valence-electron chi connectivity index (χ4n) is 2.43. The van der Waals surface area contributed by atoms with Crippen LogP contribution < -0.4 is 11.1 Å². The van der Waals surface area contributed by atoms with Gasteiger partial charge in [0.15, 0.2) is 0 Å². The number of nitrogens with one attached hydrogen (secondary N) is 1. The Labute approximate surface area is 126 Å². The smallest absolute Gasteiger partial charge is 0.233 e. The quantitative estimate of drug-likeness (QED) is 0.902. The summed E-state index contributed by atoms with van der Waals surface area (Å²) in [4.78, 5) is 16.4. The largest absolute Gasteiger partial charge is 0.329 e. The Morgan fingerprint density at radius 1 is 1.42 bits per heavy atom. The van der Waals surface area contributed by atoms with Gasteiger partial charge < -0.3 is 11.1 Å². The Bertz CT molecular complexity index is 420. The zero-order chi connectivity index (χ0) is 12.3. The summed E-state index contributed by atoms with van der Waals surface area (Å²) in [7, 11) is 0. The van der Waals surface area contributed by atoms with Gasteiger partial charge in [-0.2, -0.15) is 0 Å². The average Bonchev–Trinajstić information content (AvgIpc) is 2.78. The zero-order valence-electron chi connectivity index (χ0n) is 11.0. The third-order valence-corrected chi connectivity index (χ3v) is 3.59. The summed E-state index contributed by atoms with van der Waals surface area (Å²) in [5.41, 5.74) is 6.49. The Morgan fingerprint density at radius 3 is 2.58 bits per heavy atom. The number of nitrogens with zero attached hydrogens (tertiary/aromatic N) is 1. The molecule has 1 aromatic rings. The molecule has 0 aromatic carbocycles. The number of carbonyl (C=O) groups is 1. The van der Waals surface area contributed by atoms with E-state index in [1.54, 1.807) is 6.20 Å². The molecule has 3 N–H and O–H groups in total. The van der Waals surface area contributed by atoms with Gasteiger partial charge in [0.25, 0.3) is 0 Å². The molecular formula is C13H21Cl2N3O. The van der Waals surface area contributed by atoms with Crippen molar-refractivity contribution in [3.63, 3.8) is 0 Å². The number of pyridine rings is 1. The summed E-state index contributed by atoms with van der Waals surface area (Å²) in [6, 6.07) is 3.78. The average molecular weight is 306 g/mol. The van der Waals surface area contributed by atoms with Crippen molar-refractivity contribution in [2.24, 2.45) is 11.1 Å². The van der Waals surface area contributed by atoms with E-state index in [1.165, 1.54) is 0 Å². The van der Waals surface area contributed by atoms with Crippen LogP contribution in [0.2, 0.25) is 0 Å². The fraction of sp³-hybridized carbons (Fsp3) is 0.538. The van der Waals surface area contributed by atoms with Crippen molar-refractivity contribution < 1.29 is 4.79 Å². The molecule has 0 radical (unpaired) electrons. The summed E-state index contributed by atoms with van der Waals surface area (Å²) < 4.78 is 0. The van der Waals surface area contributed by atoms with Crippen LogP contribution in [0, 0.1) is 12.3 Å². The minimum absolute atomic E-state index is 0. The van der Waals surface area contributed by atoms with Crippen molar-refractivity contribution in [3.8, 4) is 0 Å². The monoisotopic (exact) mass is 305 g/mol. The maximum atomic E-state index is 12.2. The lowest BCUT2D eigenvalue weighted by atomic mass is 9.85. The molecule has 1 aliphatic carbocycles. The first-order chi connectivity index (χ1) is 8.16. The van der Waals surface area contributed by atoms with Gasteiger partial charge in [-0.15, -0.1) is 24.8 Å². The minimum Gasteiger partial charge on any atom is -0.329 e. The molecule has 1 aliphatic rings. The summed E-state index contributed by atoms with van der Waals surface area (Å²) >= 11 is 0.